The molecule has 0 aromatic heterocycles. The third-order valence-corrected chi connectivity index (χ3v) is 3.22. The van der Waals surface area contributed by atoms with Crippen LogP contribution in [0.5, 0.6) is 0 Å². The lowest BCUT2D eigenvalue weighted by Crippen LogP contribution is -2.23. The number of allylic oxidation sites excluding steroid dienone is 1. The van der Waals surface area contributed by atoms with Gasteiger partial charge in [0.15, 0.2) is 0 Å². The molecule has 1 aliphatic rings. The van der Waals surface area contributed by atoms with Crippen LogP contribution in [0.4, 0.5) is 0 Å². The molecule has 0 atom stereocenters. The minimum absolute atomic E-state index is 0.0236. The Bertz CT molecular complexity index is 477. The molecule has 0 radical (unpaired) electrons. The molecular weight excluding hydrogens is 224 g/mol. The van der Waals surface area contributed by atoms with E-state index < -0.39 is 0 Å². The maximum atomic E-state index is 11.7. The zero-order valence-electron chi connectivity index (χ0n) is 11.0. The van der Waals surface area contributed by atoms with Crippen LogP contribution < -0.4 is 10.6 Å². The van der Waals surface area contributed by atoms with Crippen molar-refractivity contribution in [2.75, 3.05) is 0 Å². The number of nitrogens with one attached hydrogen (secondary N) is 2. The van der Waals surface area contributed by atoms with Crippen LogP contribution in [0.1, 0.15) is 37.0 Å². The SMILES string of the molecule is CC/C=C(/C)C(=O)NCc1ccc2c(c1)CNC2. The summed E-state index contributed by atoms with van der Waals surface area (Å²) in [6.07, 6.45) is 2.84. The minimum atomic E-state index is 0.0236. The van der Waals surface area contributed by atoms with Gasteiger partial charge in [-0.25, -0.2) is 0 Å². The lowest BCUT2D eigenvalue weighted by molar-refractivity contribution is -0.117. The predicted molar refractivity (Wildman–Crippen MR) is 72.9 cm³/mol. The van der Waals surface area contributed by atoms with Crippen molar-refractivity contribution in [3.63, 3.8) is 0 Å². The highest BCUT2D eigenvalue weighted by molar-refractivity contribution is 5.92. The first-order valence-corrected chi connectivity index (χ1v) is 6.47. The van der Waals surface area contributed by atoms with Gasteiger partial charge in [-0.15, -0.1) is 0 Å². The molecule has 1 heterocycles. The molecule has 0 bridgehead atoms. The van der Waals surface area contributed by atoms with E-state index in [-0.39, 0.29) is 5.91 Å². The van der Waals surface area contributed by atoms with E-state index in [4.69, 9.17) is 0 Å². The number of rotatable bonds is 4. The Morgan fingerprint density at radius 1 is 1.39 bits per heavy atom. The summed E-state index contributed by atoms with van der Waals surface area (Å²) in [4.78, 5) is 11.7. The van der Waals surface area contributed by atoms with Crippen LogP contribution >= 0.6 is 0 Å². The van der Waals surface area contributed by atoms with Crippen molar-refractivity contribution in [2.45, 2.75) is 39.9 Å². The molecule has 1 aromatic rings. The Labute approximate surface area is 108 Å². The Hall–Kier alpha value is -1.61. The summed E-state index contributed by atoms with van der Waals surface area (Å²) in [6.45, 7) is 6.38. The predicted octanol–water partition coefficient (Wildman–Crippen LogP) is 2.26. The summed E-state index contributed by atoms with van der Waals surface area (Å²) in [5.41, 5.74) is 4.67. The second-order valence-corrected chi connectivity index (χ2v) is 4.68. The molecule has 96 valence electrons. The van der Waals surface area contributed by atoms with Crippen molar-refractivity contribution in [1.82, 2.24) is 10.6 Å². The fourth-order valence-corrected chi connectivity index (χ4v) is 2.18. The van der Waals surface area contributed by atoms with E-state index in [2.05, 4.69) is 28.8 Å². The standard InChI is InChI=1S/C15H20N2O/c1-3-4-11(2)15(18)17-8-12-5-6-13-9-16-10-14(13)7-12/h4-7,16H,3,8-10H2,1-2H3,(H,17,18)/b11-4-. The monoisotopic (exact) mass is 244 g/mol. The van der Waals surface area contributed by atoms with Crippen LogP contribution in [0, 0.1) is 0 Å². The van der Waals surface area contributed by atoms with Crippen LogP contribution in [0.15, 0.2) is 29.8 Å². The molecule has 18 heavy (non-hydrogen) atoms. The van der Waals surface area contributed by atoms with Gasteiger partial charge in [-0.2, -0.15) is 0 Å². The summed E-state index contributed by atoms with van der Waals surface area (Å²) in [5, 5.41) is 6.27. The molecule has 0 aliphatic carbocycles. The van der Waals surface area contributed by atoms with Gasteiger partial charge in [0, 0.05) is 25.2 Å². The molecule has 2 N–H and O–H groups in total. The number of hydrogen-bond donors (Lipinski definition) is 2. The minimum Gasteiger partial charge on any atom is -0.348 e. The van der Waals surface area contributed by atoms with Crippen LogP contribution in [0.25, 0.3) is 0 Å². The molecule has 0 spiro atoms. The number of hydrogen-bond acceptors (Lipinski definition) is 2. The fraction of sp³-hybridized carbons (Fsp3) is 0.400. The third kappa shape index (κ3) is 2.99. The van der Waals surface area contributed by atoms with Crippen LogP contribution in [-0.4, -0.2) is 5.91 Å². The molecule has 3 heteroatoms. The van der Waals surface area contributed by atoms with E-state index in [0.29, 0.717) is 6.54 Å². The summed E-state index contributed by atoms with van der Waals surface area (Å²) in [5.74, 6) is 0.0236. The molecule has 0 saturated carbocycles. The molecule has 0 fully saturated rings. The molecule has 3 nitrogen and oxygen atoms in total. The first kappa shape index (κ1) is 12.8. The first-order chi connectivity index (χ1) is 8.70. The highest BCUT2D eigenvalue weighted by atomic mass is 16.1. The van der Waals surface area contributed by atoms with Gasteiger partial charge in [0.25, 0.3) is 0 Å². The van der Waals surface area contributed by atoms with Gasteiger partial charge in [-0.1, -0.05) is 31.2 Å². The Morgan fingerprint density at radius 3 is 2.94 bits per heavy atom. The molecule has 1 aromatic carbocycles. The number of amides is 1. The van der Waals surface area contributed by atoms with E-state index in [9.17, 15) is 4.79 Å². The Balaban J connectivity index is 1.95. The smallest absolute Gasteiger partial charge is 0.246 e. The maximum absolute atomic E-state index is 11.7. The molecule has 1 aliphatic heterocycles. The van der Waals surface area contributed by atoms with Crippen molar-refractivity contribution in [1.29, 1.82) is 0 Å². The van der Waals surface area contributed by atoms with Crippen molar-refractivity contribution in [3.05, 3.63) is 46.5 Å². The summed E-state index contributed by atoms with van der Waals surface area (Å²) < 4.78 is 0. The van der Waals surface area contributed by atoms with E-state index >= 15 is 0 Å². The van der Waals surface area contributed by atoms with Gasteiger partial charge in [-0.3, -0.25) is 4.79 Å². The lowest BCUT2D eigenvalue weighted by atomic mass is 10.1. The van der Waals surface area contributed by atoms with Crippen LogP contribution in [0.2, 0.25) is 0 Å². The summed E-state index contributed by atoms with van der Waals surface area (Å²) in [6, 6.07) is 6.41. The van der Waals surface area contributed by atoms with E-state index in [1.165, 1.54) is 11.1 Å². The van der Waals surface area contributed by atoms with Gasteiger partial charge in [0.2, 0.25) is 5.91 Å². The van der Waals surface area contributed by atoms with E-state index in [1.807, 2.05) is 19.9 Å². The number of carbonyl (C=O) groups excluding carboxylic acids is 1. The second kappa shape index (κ2) is 5.83. The van der Waals surface area contributed by atoms with Crippen molar-refractivity contribution < 1.29 is 4.79 Å². The Morgan fingerprint density at radius 2 is 2.17 bits per heavy atom. The van der Waals surface area contributed by atoms with Crippen molar-refractivity contribution in [3.8, 4) is 0 Å². The summed E-state index contributed by atoms with van der Waals surface area (Å²) >= 11 is 0. The normalized spacial score (nSPS) is 14.4. The third-order valence-electron chi connectivity index (χ3n) is 3.22. The van der Waals surface area contributed by atoms with Gasteiger partial charge in [0.1, 0.15) is 0 Å². The molecular formula is C15H20N2O. The summed E-state index contributed by atoms with van der Waals surface area (Å²) in [7, 11) is 0. The second-order valence-electron chi connectivity index (χ2n) is 4.68. The molecule has 1 amide bonds. The van der Waals surface area contributed by atoms with Gasteiger partial charge < -0.3 is 10.6 Å². The van der Waals surface area contributed by atoms with Gasteiger partial charge in [-0.05, 0) is 30.0 Å². The molecule has 0 saturated heterocycles. The zero-order valence-corrected chi connectivity index (χ0v) is 11.0. The van der Waals surface area contributed by atoms with Gasteiger partial charge in [0.05, 0.1) is 0 Å². The van der Waals surface area contributed by atoms with Crippen molar-refractivity contribution in [2.24, 2.45) is 0 Å². The molecule has 2 rings (SSSR count). The average Bonchev–Trinajstić information content (AvgIpc) is 2.83. The van der Waals surface area contributed by atoms with Crippen molar-refractivity contribution >= 4 is 5.91 Å². The van der Waals surface area contributed by atoms with E-state index in [0.717, 1.165) is 30.6 Å². The number of benzene rings is 1. The topological polar surface area (TPSA) is 41.1 Å². The number of carbonyl (C=O) groups is 1. The highest BCUT2D eigenvalue weighted by Gasteiger charge is 2.10. The van der Waals surface area contributed by atoms with Crippen LogP contribution in [-0.2, 0) is 24.4 Å². The van der Waals surface area contributed by atoms with Crippen LogP contribution in [0.3, 0.4) is 0 Å². The van der Waals surface area contributed by atoms with Gasteiger partial charge >= 0.3 is 0 Å². The molecule has 0 unspecified atom stereocenters. The number of fused-ring (bicyclic) bond motifs is 1. The highest BCUT2D eigenvalue weighted by Crippen LogP contribution is 2.16. The lowest BCUT2D eigenvalue weighted by Gasteiger charge is -2.07. The Kier molecular flexibility index (Phi) is 4.15. The first-order valence-electron chi connectivity index (χ1n) is 6.47. The fourth-order valence-electron chi connectivity index (χ4n) is 2.18. The van der Waals surface area contributed by atoms with E-state index in [1.54, 1.807) is 0 Å². The largest absolute Gasteiger partial charge is 0.348 e. The zero-order chi connectivity index (χ0) is 13.0. The maximum Gasteiger partial charge on any atom is 0.246 e. The average molecular weight is 244 g/mol. The quantitative estimate of drug-likeness (QED) is 0.798.